The highest BCUT2D eigenvalue weighted by molar-refractivity contribution is 6.67. The third kappa shape index (κ3) is 1.64. The molecule has 0 fully saturated rings. The van der Waals surface area contributed by atoms with Crippen LogP contribution in [0.4, 0.5) is 0 Å². The second-order valence-corrected chi connectivity index (χ2v) is 4.94. The van der Waals surface area contributed by atoms with Crippen LogP contribution >= 0.6 is 34.8 Å². The van der Waals surface area contributed by atoms with Gasteiger partial charge < -0.3 is 4.98 Å². The molecule has 0 aliphatic rings. The summed E-state index contributed by atoms with van der Waals surface area (Å²) in [5.74, 6) is 0. The van der Waals surface area contributed by atoms with Gasteiger partial charge in [0.15, 0.2) is 0 Å². The zero-order valence-electron chi connectivity index (χ0n) is 6.44. The first kappa shape index (κ1) is 9.20. The van der Waals surface area contributed by atoms with Crippen molar-refractivity contribution in [1.82, 2.24) is 4.98 Å². The first-order valence-electron chi connectivity index (χ1n) is 3.64. The molecule has 67 valence electrons. The molecule has 0 saturated heterocycles. The fraction of sp³-hybridized carbons (Fsp3) is 0.111. The second-order valence-electron chi connectivity index (χ2n) is 2.66. The smallest absolute Gasteiger partial charge is 0.216 e. The van der Waals surface area contributed by atoms with Crippen molar-refractivity contribution in [1.29, 1.82) is 0 Å². The van der Waals surface area contributed by atoms with Gasteiger partial charge in [0, 0.05) is 28.7 Å². The van der Waals surface area contributed by atoms with Crippen LogP contribution in [0.1, 0.15) is 5.56 Å². The minimum Gasteiger partial charge on any atom is -0.361 e. The fourth-order valence-corrected chi connectivity index (χ4v) is 1.72. The lowest BCUT2D eigenvalue weighted by Crippen LogP contribution is -1.99. The Morgan fingerprint density at radius 1 is 1.23 bits per heavy atom. The van der Waals surface area contributed by atoms with Gasteiger partial charge in [-0.25, -0.2) is 0 Å². The maximum absolute atomic E-state index is 5.79. The standard InChI is InChI=1S/C9H5Cl3N/c10-9(11,12)7-2-1-3-8-6(7)4-5-13-8/h1-3,5,13H. The van der Waals surface area contributed by atoms with Crippen LogP contribution in [-0.4, -0.2) is 4.98 Å². The summed E-state index contributed by atoms with van der Waals surface area (Å²) in [5, 5.41) is 0.822. The van der Waals surface area contributed by atoms with E-state index in [-0.39, 0.29) is 0 Å². The summed E-state index contributed by atoms with van der Waals surface area (Å²) in [5.41, 5.74) is 1.57. The number of aromatic amines is 1. The number of fused-ring (bicyclic) bond motifs is 1. The molecule has 1 nitrogen and oxygen atoms in total. The Kier molecular flexibility index (Phi) is 2.18. The van der Waals surface area contributed by atoms with Crippen molar-refractivity contribution in [2.75, 3.05) is 0 Å². The Labute approximate surface area is 90.6 Å². The fourth-order valence-electron chi connectivity index (χ4n) is 1.25. The molecule has 0 aliphatic carbocycles. The number of H-pyrrole nitrogens is 1. The average molecular weight is 234 g/mol. The van der Waals surface area contributed by atoms with Crippen molar-refractivity contribution >= 4 is 45.7 Å². The molecule has 13 heavy (non-hydrogen) atoms. The van der Waals surface area contributed by atoms with E-state index < -0.39 is 3.79 Å². The molecule has 0 amide bonds. The predicted molar refractivity (Wildman–Crippen MR) is 56.4 cm³/mol. The molecule has 0 aliphatic heterocycles. The van der Waals surface area contributed by atoms with Crippen molar-refractivity contribution in [2.45, 2.75) is 3.79 Å². The quantitative estimate of drug-likeness (QED) is 0.666. The summed E-state index contributed by atoms with van der Waals surface area (Å²) in [7, 11) is 0. The van der Waals surface area contributed by atoms with Gasteiger partial charge in [-0.3, -0.25) is 0 Å². The van der Waals surface area contributed by atoms with E-state index in [9.17, 15) is 0 Å². The van der Waals surface area contributed by atoms with Gasteiger partial charge in [-0.15, -0.1) is 0 Å². The summed E-state index contributed by atoms with van der Waals surface area (Å²) in [6.45, 7) is 0. The zero-order valence-corrected chi connectivity index (χ0v) is 8.71. The van der Waals surface area contributed by atoms with E-state index in [1.165, 1.54) is 0 Å². The molecule has 0 spiro atoms. The number of halogens is 3. The summed E-state index contributed by atoms with van der Waals surface area (Å²) in [4.78, 5) is 3.00. The number of hydrogen-bond acceptors (Lipinski definition) is 0. The Morgan fingerprint density at radius 2 is 2.00 bits per heavy atom. The van der Waals surface area contributed by atoms with E-state index in [4.69, 9.17) is 34.8 Å². The number of alkyl halides is 3. The molecule has 1 N–H and O–H groups in total. The van der Waals surface area contributed by atoms with Crippen molar-refractivity contribution in [2.24, 2.45) is 0 Å². The molecule has 4 heteroatoms. The molecule has 1 aromatic heterocycles. The molecule has 0 unspecified atom stereocenters. The monoisotopic (exact) mass is 232 g/mol. The molecule has 0 atom stereocenters. The van der Waals surface area contributed by atoms with Gasteiger partial charge in [0.05, 0.1) is 0 Å². The van der Waals surface area contributed by atoms with Crippen LogP contribution < -0.4 is 0 Å². The number of hydrogen-bond donors (Lipinski definition) is 1. The normalized spacial score (nSPS) is 12.2. The van der Waals surface area contributed by atoms with E-state index in [1.807, 2.05) is 12.1 Å². The summed E-state index contributed by atoms with van der Waals surface area (Å²) in [6, 6.07) is 8.51. The van der Waals surface area contributed by atoms with Gasteiger partial charge in [0.1, 0.15) is 0 Å². The van der Waals surface area contributed by atoms with Gasteiger partial charge in [-0.1, -0.05) is 46.9 Å². The Morgan fingerprint density at radius 3 is 2.69 bits per heavy atom. The number of benzene rings is 1. The lowest BCUT2D eigenvalue weighted by molar-refractivity contribution is 1.27. The van der Waals surface area contributed by atoms with Gasteiger partial charge in [-0.2, -0.15) is 0 Å². The average Bonchev–Trinajstić information content (AvgIpc) is 2.48. The van der Waals surface area contributed by atoms with Gasteiger partial charge in [-0.05, 0) is 6.07 Å². The van der Waals surface area contributed by atoms with E-state index in [0.29, 0.717) is 5.56 Å². The molecule has 1 aromatic carbocycles. The van der Waals surface area contributed by atoms with Crippen LogP contribution in [0.15, 0.2) is 24.4 Å². The highest BCUT2D eigenvalue weighted by atomic mass is 35.6. The molecule has 2 rings (SSSR count). The zero-order chi connectivity index (χ0) is 9.47. The van der Waals surface area contributed by atoms with Crippen LogP contribution in [0.5, 0.6) is 0 Å². The molecular weight excluding hydrogens is 228 g/mol. The van der Waals surface area contributed by atoms with Crippen LogP contribution in [0.2, 0.25) is 0 Å². The highest BCUT2D eigenvalue weighted by Crippen LogP contribution is 2.41. The lowest BCUT2D eigenvalue weighted by Gasteiger charge is -2.11. The predicted octanol–water partition coefficient (Wildman–Crippen LogP) is 3.79. The van der Waals surface area contributed by atoms with Crippen molar-refractivity contribution in [3.8, 4) is 0 Å². The molecule has 0 saturated carbocycles. The Hall–Kier alpha value is -0.370. The lowest BCUT2D eigenvalue weighted by atomic mass is 10.1. The number of nitrogens with one attached hydrogen (secondary N) is 1. The van der Waals surface area contributed by atoms with E-state index in [2.05, 4.69) is 11.1 Å². The molecular formula is C9H5Cl3N. The summed E-state index contributed by atoms with van der Waals surface area (Å²) < 4.78 is -1.39. The maximum Gasteiger partial charge on any atom is 0.216 e. The largest absolute Gasteiger partial charge is 0.361 e. The van der Waals surface area contributed by atoms with E-state index in [1.54, 1.807) is 12.3 Å². The maximum atomic E-state index is 5.79. The molecule has 0 bridgehead atoms. The van der Waals surface area contributed by atoms with E-state index in [0.717, 1.165) is 10.9 Å². The SMILES string of the molecule is ClC(Cl)(Cl)c1cccc2[nH]c[c]c12. The van der Waals surface area contributed by atoms with E-state index >= 15 is 0 Å². The van der Waals surface area contributed by atoms with Crippen LogP contribution in [0.25, 0.3) is 10.9 Å². The van der Waals surface area contributed by atoms with Gasteiger partial charge >= 0.3 is 0 Å². The number of rotatable bonds is 0. The minimum atomic E-state index is -1.39. The second kappa shape index (κ2) is 3.09. The van der Waals surface area contributed by atoms with Crippen LogP contribution in [-0.2, 0) is 3.79 Å². The topological polar surface area (TPSA) is 15.8 Å². The molecule has 1 heterocycles. The first-order chi connectivity index (χ1) is 6.09. The van der Waals surface area contributed by atoms with Crippen molar-refractivity contribution in [3.63, 3.8) is 0 Å². The minimum absolute atomic E-state index is 0.649. The Bertz CT molecular complexity index is 428. The summed E-state index contributed by atoms with van der Waals surface area (Å²) >= 11 is 17.4. The highest BCUT2D eigenvalue weighted by Gasteiger charge is 2.24. The van der Waals surface area contributed by atoms with Crippen LogP contribution in [0.3, 0.4) is 0 Å². The van der Waals surface area contributed by atoms with Crippen molar-refractivity contribution in [3.05, 3.63) is 36.0 Å². The first-order valence-corrected chi connectivity index (χ1v) is 4.77. The van der Waals surface area contributed by atoms with Crippen LogP contribution in [0, 0.1) is 6.07 Å². The summed E-state index contributed by atoms with van der Waals surface area (Å²) in [6.07, 6.45) is 1.70. The molecule has 1 radical (unpaired) electrons. The van der Waals surface area contributed by atoms with Gasteiger partial charge in [0.25, 0.3) is 0 Å². The van der Waals surface area contributed by atoms with Gasteiger partial charge in [0.2, 0.25) is 3.79 Å². The van der Waals surface area contributed by atoms with Crippen molar-refractivity contribution < 1.29 is 0 Å². The third-order valence-electron chi connectivity index (χ3n) is 1.81. The third-order valence-corrected chi connectivity index (χ3v) is 2.42. The number of aromatic nitrogens is 1. The molecule has 2 aromatic rings. The Balaban J connectivity index is 2.75.